The van der Waals surface area contributed by atoms with Gasteiger partial charge in [0.25, 0.3) is 0 Å². The average Bonchev–Trinajstić information content (AvgIpc) is 3.27. The van der Waals surface area contributed by atoms with Gasteiger partial charge in [0.05, 0.1) is 25.4 Å². The third-order valence-corrected chi connectivity index (χ3v) is 6.54. The lowest BCUT2D eigenvalue weighted by Gasteiger charge is -2.37. The maximum absolute atomic E-state index is 12.4. The Hall–Kier alpha value is -1.84. The standard InChI is InChI=1S/C20H28N2O6S/c1-29(25,26)22-13-6-7-17-15(8-13)16-9-14(27-18(11-23)20(16)28-17)10-19(24)21-12-4-2-3-5-12/h6-8,12,14,16,18,20,22-23H,2-5,9-11H2,1H3,(H,21,24)/t14-,16-,18-,20+/m0/s1. The van der Waals surface area contributed by atoms with E-state index in [1.165, 1.54) is 0 Å². The van der Waals surface area contributed by atoms with Crippen LogP contribution in [0.4, 0.5) is 5.69 Å². The Kier molecular flexibility index (Phi) is 5.72. The molecule has 1 aromatic rings. The Balaban J connectivity index is 1.48. The summed E-state index contributed by atoms with van der Waals surface area (Å²) in [5, 5.41) is 12.9. The van der Waals surface area contributed by atoms with E-state index < -0.39 is 16.1 Å². The van der Waals surface area contributed by atoms with Crippen molar-refractivity contribution in [2.24, 2.45) is 0 Å². The number of aliphatic hydroxyl groups is 1. The second-order valence-electron chi connectivity index (χ2n) is 8.28. The van der Waals surface area contributed by atoms with Crippen LogP contribution in [0.1, 0.15) is 50.0 Å². The highest BCUT2D eigenvalue weighted by Crippen LogP contribution is 2.47. The Bertz CT molecular complexity index is 868. The van der Waals surface area contributed by atoms with Gasteiger partial charge in [0.1, 0.15) is 18.0 Å². The molecule has 8 nitrogen and oxygen atoms in total. The number of benzene rings is 1. The molecule has 2 fully saturated rings. The first kappa shape index (κ1) is 20.4. The molecule has 2 heterocycles. The molecule has 9 heteroatoms. The van der Waals surface area contributed by atoms with E-state index >= 15 is 0 Å². The largest absolute Gasteiger partial charge is 0.487 e. The third kappa shape index (κ3) is 4.67. The zero-order chi connectivity index (χ0) is 20.6. The Morgan fingerprint density at radius 3 is 2.72 bits per heavy atom. The Morgan fingerprint density at radius 2 is 2.03 bits per heavy atom. The van der Waals surface area contributed by atoms with Gasteiger partial charge in [-0.2, -0.15) is 0 Å². The zero-order valence-electron chi connectivity index (χ0n) is 16.5. The van der Waals surface area contributed by atoms with Gasteiger partial charge >= 0.3 is 0 Å². The van der Waals surface area contributed by atoms with Crippen molar-refractivity contribution in [3.63, 3.8) is 0 Å². The molecule has 0 radical (unpaired) electrons. The molecule has 1 saturated heterocycles. The second kappa shape index (κ2) is 8.12. The highest BCUT2D eigenvalue weighted by molar-refractivity contribution is 7.92. The summed E-state index contributed by atoms with van der Waals surface area (Å²) in [6, 6.07) is 5.42. The average molecular weight is 425 g/mol. The highest BCUT2D eigenvalue weighted by atomic mass is 32.2. The molecule has 1 aliphatic carbocycles. The van der Waals surface area contributed by atoms with E-state index in [0.717, 1.165) is 37.5 Å². The number of carbonyl (C=O) groups excluding carboxylic acids is 1. The van der Waals surface area contributed by atoms with Gasteiger partial charge in [-0.25, -0.2) is 8.42 Å². The molecule has 2 aliphatic heterocycles. The van der Waals surface area contributed by atoms with Crippen LogP contribution in [-0.2, 0) is 19.6 Å². The number of aliphatic hydroxyl groups excluding tert-OH is 1. The van der Waals surface area contributed by atoms with Gasteiger partial charge in [-0.1, -0.05) is 12.8 Å². The van der Waals surface area contributed by atoms with Gasteiger partial charge in [0.2, 0.25) is 15.9 Å². The number of nitrogens with one attached hydrogen (secondary N) is 2. The van der Waals surface area contributed by atoms with Gasteiger partial charge in [-0.15, -0.1) is 0 Å². The number of ether oxygens (including phenoxy) is 2. The SMILES string of the molecule is CS(=O)(=O)Nc1ccc2c(c1)[C@@H]1C[C@@H](CC(=O)NC3CCCC3)O[C@@H](CO)[C@@H]1O2. The van der Waals surface area contributed by atoms with Crippen molar-refractivity contribution in [3.8, 4) is 5.75 Å². The van der Waals surface area contributed by atoms with Crippen LogP contribution in [0.3, 0.4) is 0 Å². The molecule has 3 N–H and O–H groups in total. The van der Waals surface area contributed by atoms with Crippen LogP contribution in [0.25, 0.3) is 0 Å². The van der Waals surface area contributed by atoms with Gasteiger partial charge in [0.15, 0.2) is 0 Å². The van der Waals surface area contributed by atoms with Crippen molar-refractivity contribution in [2.75, 3.05) is 17.6 Å². The number of fused-ring (bicyclic) bond motifs is 3. The van der Waals surface area contributed by atoms with E-state index in [2.05, 4.69) is 10.0 Å². The van der Waals surface area contributed by atoms with Crippen molar-refractivity contribution < 1.29 is 27.8 Å². The summed E-state index contributed by atoms with van der Waals surface area (Å²) in [4.78, 5) is 12.4. The topological polar surface area (TPSA) is 114 Å². The van der Waals surface area contributed by atoms with E-state index in [9.17, 15) is 18.3 Å². The predicted octanol–water partition coefficient (Wildman–Crippen LogP) is 1.50. The number of sulfonamides is 1. The fraction of sp³-hybridized carbons (Fsp3) is 0.650. The van der Waals surface area contributed by atoms with E-state index in [1.54, 1.807) is 18.2 Å². The first-order valence-electron chi connectivity index (χ1n) is 10.2. The summed E-state index contributed by atoms with van der Waals surface area (Å²) in [5.74, 6) is 0.572. The van der Waals surface area contributed by atoms with Crippen molar-refractivity contribution in [1.29, 1.82) is 0 Å². The van der Waals surface area contributed by atoms with Gasteiger partial charge in [0, 0.05) is 23.2 Å². The lowest BCUT2D eigenvalue weighted by atomic mass is 9.84. The summed E-state index contributed by atoms with van der Waals surface area (Å²) in [5.41, 5.74) is 1.35. The van der Waals surface area contributed by atoms with Crippen LogP contribution >= 0.6 is 0 Å². The molecule has 0 bridgehead atoms. The highest BCUT2D eigenvalue weighted by Gasteiger charge is 2.46. The molecule has 4 rings (SSSR count). The maximum atomic E-state index is 12.4. The van der Waals surface area contributed by atoms with Crippen LogP contribution < -0.4 is 14.8 Å². The van der Waals surface area contributed by atoms with E-state index in [4.69, 9.17) is 9.47 Å². The summed E-state index contributed by atoms with van der Waals surface area (Å²) in [7, 11) is -3.39. The molecule has 160 valence electrons. The first-order chi connectivity index (χ1) is 13.8. The Labute approximate surface area is 171 Å². The number of amides is 1. The molecule has 0 unspecified atom stereocenters. The summed E-state index contributed by atoms with van der Waals surface area (Å²) < 4.78 is 37.6. The van der Waals surface area contributed by atoms with E-state index in [1.807, 2.05) is 0 Å². The fourth-order valence-corrected chi connectivity index (χ4v) is 5.29. The number of carbonyl (C=O) groups is 1. The predicted molar refractivity (Wildman–Crippen MR) is 107 cm³/mol. The number of rotatable bonds is 6. The van der Waals surface area contributed by atoms with Gasteiger partial charge in [-0.3, -0.25) is 9.52 Å². The molecule has 0 spiro atoms. The minimum atomic E-state index is -3.39. The third-order valence-electron chi connectivity index (χ3n) is 5.94. The molecular formula is C20H28N2O6S. The number of anilines is 1. The molecular weight excluding hydrogens is 396 g/mol. The van der Waals surface area contributed by atoms with Crippen LogP contribution in [0, 0.1) is 0 Å². The number of hydrogen-bond donors (Lipinski definition) is 3. The molecule has 1 saturated carbocycles. The quantitative estimate of drug-likeness (QED) is 0.638. The smallest absolute Gasteiger partial charge is 0.229 e. The van der Waals surface area contributed by atoms with Crippen LogP contribution in [-0.4, -0.2) is 56.6 Å². The van der Waals surface area contributed by atoms with E-state index in [-0.39, 0.29) is 43.1 Å². The molecule has 1 aromatic carbocycles. The van der Waals surface area contributed by atoms with Crippen molar-refractivity contribution in [2.45, 2.75) is 68.8 Å². The minimum absolute atomic E-state index is 0.0244. The van der Waals surface area contributed by atoms with Crippen LogP contribution in [0.5, 0.6) is 5.75 Å². The summed E-state index contributed by atoms with van der Waals surface area (Å²) >= 11 is 0. The first-order valence-corrected chi connectivity index (χ1v) is 12.1. The molecule has 3 aliphatic rings. The number of hydrogen-bond acceptors (Lipinski definition) is 6. The Morgan fingerprint density at radius 1 is 1.28 bits per heavy atom. The zero-order valence-corrected chi connectivity index (χ0v) is 17.3. The van der Waals surface area contributed by atoms with Crippen LogP contribution in [0.2, 0.25) is 0 Å². The summed E-state index contributed by atoms with van der Waals surface area (Å²) in [6.07, 6.45) is 5.08. The minimum Gasteiger partial charge on any atom is -0.487 e. The van der Waals surface area contributed by atoms with E-state index in [0.29, 0.717) is 17.9 Å². The van der Waals surface area contributed by atoms with Gasteiger partial charge < -0.3 is 19.9 Å². The van der Waals surface area contributed by atoms with Crippen molar-refractivity contribution >= 4 is 21.6 Å². The van der Waals surface area contributed by atoms with Crippen LogP contribution in [0.15, 0.2) is 18.2 Å². The second-order valence-corrected chi connectivity index (χ2v) is 10.0. The molecule has 4 atom stereocenters. The normalized spacial score (nSPS) is 29.0. The monoisotopic (exact) mass is 424 g/mol. The van der Waals surface area contributed by atoms with Crippen molar-refractivity contribution in [3.05, 3.63) is 23.8 Å². The van der Waals surface area contributed by atoms with Crippen molar-refractivity contribution in [1.82, 2.24) is 5.32 Å². The lowest BCUT2D eigenvalue weighted by Crippen LogP contribution is -2.47. The molecule has 29 heavy (non-hydrogen) atoms. The van der Waals surface area contributed by atoms with Gasteiger partial charge in [-0.05, 0) is 37.5 Å². The lowest BCUT2D eigenvalue weighted by molar-refractivity contribution is -0.142. The molecule has 1 amide bonds. The molecule has 0 aromatic heterocycles. The maximum Gasteiger partial charge on any atom is 0.229 e. The fourth-order valence-electron chi connectivity index (χ4n) is 4.73. The summed E-state index contributed by atoms with van der Waals surface area (Å²) in [6.45, 7) is -0.204.